The Morgan fingerprint density at radius 1 is 1.11 bits per heavy atom. The van der Waals surface area contributed by atoms with Gasteiger partial charge in [0.1, 0.15) is 0 Å². The number of carbonyl (C=O) groups is 1. The van der Waals surface area contributed by atoms with Gasteiger partial charge >= 0.3 is 0 Å². The molecule has 4 aliphatic carbocycles. The summed E-state index contributed by atoms with van der Waals surface area (Å²) in [5.74, 6) is 1.72. The Labute approximate surface area is 228 Å². The van der Waals surface area contributed by atoms with E-state index in [-0.39, 0.29) is 41.0 Å². The van der Waals surface area contributed by atoms with E-state index < -0.39 is 0 Å². The number of amides is 1. The zero-order valence-electron chi connectivity index (χ0n) is 23.1. The van der Waals surface area contributed by atoms with Crippen LogP contribution in [0.25, 0.3) is 0 Å². The molecule has 4 saturated carbocycles. The van der Waals surface area contributed by atoms with Crippen molar-refractivity contribution in [2.24, 2.45) is 52.1 Å². The summed E-state index contributed by atoms with van der Waals surface area (Å²) in [5.41, 5.74) is 6.50. The Hall–Kier alpha value is -1.14. The van der Waals surface area contributed by atoms with Crippen LogP contribution in [0.15, 0.2) is 24.3 Å². The number of hydrogen-bond donors (Lipinski definition) is 4. The van der Waals surface area contributed by atoms with Gasteiger partial charge in [0.25, 0.3) is 0 Å². The number of fused-ring (bicyclic) bond motifs is 5. The van der Waals surface area contributed by atoms with Crippen LogP contribution in [0.1, 0.15) is 84.1 Å². The molecule has 1 aromatic carbocycles. The summed E-state index contributed by atoms with van der Waals surface area (Å²) in [6, 6.07) is 7.76. The van der Waals surface area contributed by atoms with Gasteiger partial charge in [0.05, 0.1) is 18.3 Å². The number of carbonyl (C=O) groups excluding carboxylic acids is 1. The van der Waals surface area contributed by atoms with Crippen LogP contribution in [0.5, 0.6) is 0 Å². The minimum Gasteiger partial charge on any atom is -0.393 e. The third-order valence-electron chi connectivity index (χ3n) is 11.3. The molecule has 5 nitrogen and oxygen atoms in total. The predicted octanol–water partition coefficient (Wildman–Crippen LogP) is 5.50. The van der Waals surface area contributed by atoms with Crippen molar-refractivity contribution >= 4 is 17.5 Å². The number of primary amides is 1. The molecule has 0 spiro atoms. The molecule has 1 amide bonds. The highest BCUT2D eigenvalue weighted by molar-refractivity contribution is 6.30. The lowest BCUT2D eigenvalue weighted by atomic mass is 9.43. The van der Waals surface area contributed by atoms with Crippen LogP contribution in [-0.2, 0) is 4.79 Å². The minimum atomic E-state index is -0.369. The first-order valence-electron chi connectivity index (χ1n) is 14.4. The molecular weight excluding hydrogens is 486 g/mol. The van der Waals surface area contributed by atoms with Crippen molar-refractivity contribution in [3.05, 3.63) is 34.9 Å². The van der Waals surface area contributed by atoms with Crippen LogP contribution in [0, 0.1) is 53.3 Å². The quantitative estimate of drug-likeness (QED) is 0.410. The van der Waals surface area contributed by atoms with Gasteiger partial charge in [-0.2, -0.15) is 0 Å². The Morgan fingerprint density at radius 2 is 1.84 bits per heavy atom. The number of halogens is 1. The molecule has 37 heavy (non-hydrogen) atoms. The molecule has 0 aliphatic heterocycles. The van der Waals surface area contributed by atoms with Crippen LogP contribution in [-0.4, -0.2) is 39.5 Å². The maximum Gasteiger partial charge on any atom is 0.217 e. The summed E-state index contributed by atoms with van der Waals surface area (Å²) in [7, 11) is 0. The topological polar surface area (TPSA) is 104 Å². The lowest BCUT2D eigenvalue weighted by Crippen LogP contribution is -2.62. The van der Waals surface area contributed by atoms with Gasteiger partial charge in [-0.25, -0.2) is 0 Å². The third-order valence-corrected chi connectivity index (χ3v) is 11.6. The predicted molar refractivity (Wildman–Crippen MR) is 148 cm³/mol. The summed E-state index contributed by atoms with van der Waals surface area (Å²) in [6.07, 6.45) is 6.56. The van der Waals surface area contributed by atoms with E-state index in [1.165, 1.54) is 5.56 Å². The first-order valence-corrected chi connectivity index (χ1v) is 14.8. The van der Waals surface area contributed by atoms with E-state index in [1.54, 1.807) is 0 Å². The number of nitrogens with two attached hydrogens (primary N) is 1. The summed E-state index contributed by atoms with van der Waals surface area (Å²) in [4.78, 5) is 11.3. The Kier molecular flexibility index (Phi) is 8.70. The number of aryl methyl sites for hydroxylation is 1. The summed E-state index contributed by atoms with van der Waals surface area (Å²) < 4.78 is 0. The second kappa shape index (κ2) is 11.2. The van der Waals surface area contributed by atoms with E-state index >= 15 is 0 Å². The van der Waals surface area contributed by atoms with Crippen molar-refractivity contribution in [3.63, 3.8) is 0 Å². The molecule has 5 N–H and O–H groups in total. The van der Waals surface area contributed by atoms with E-state index in [0.717, 1.165) is 56.4 Å². The van der Waals surface area contributed by atoms with Crippen molar-refractivity contribution in [2.45, 2.75) is 104 Å². The number of aliphatic hydroxyl groups excluding tert-OH is 3. The molecule has 11 atom stereocenters. The number of benzene rings is 1. The average Bonchev–Trinajstić information content (AvgIpc) is 3.18. The maximum absolute atomic E-state index is 11.5. The highest BCUT2D eigenvalue weighted by Crippen LogP contribution is 2.68. The molecule has 0 radical (unpaired) electrons. The molecule has 4 aliphatic rings. The lowest BCUT2D eigenvalue weighted by molar-refractivity contribution is -0.207. The third kappa shape index (κ3) is 5.48. The van der Waals surface area contributed by atoms with Crippen LogP contribution in [0.3, 0.4) is 0 Å². The maximum atomic E-state index is 11.5. The SMILES string of the molecule is C[C@H](CCC(N)=O)[C@H]1CC[C@H]2[C@@H]3[C@H](O)C[C@@H]4C[C@H](O)CC[C@]4(C)[C@H]3C[C@H](O)[C@]12C.Cc1cccc(Cl)c1. The van der Waals surface area contributed by atoms with E-state index in [4.69, 9.17) is 17.3 Å². The molecular formula is C31H48ClNO4. The molecule has 0 aromatic heterocycles. The summed E-state index contributed by atoms with van der Waals surface area (Å²) in [5, 5.41) is 33.8. The van der Waals surface area contributed by atoms with Gasteiger partial charge < -0.3 is 21.1 Å². The fourth-order valence-electron chi connectivity index (χ4n) is 9.31. The van der Waals surface area contributed by atoms with Crippen molar-refractivity contribution in [1.29, 1.82) is 0 Å². The molecule has 6 heteroatoms. The van der Waals surface area contributed by atoms with Gasteiger partial charge in [-0.3, -0.25) is 4.79 Å². The van der Waals surface area contributed by atoms with Crippen molar-refractivity contribution in [3.8, 4) is 0 Å². The highest BCUT2D eigenvalue weighted by atomic mass is 35.5. The lowest BCUT2D eigenvalue weighted by Gasteiger charge is -2.63. The monoisotopic (exact) mass is 533 g/mol. The van der Waals surface area contributed by atoms with Gasteiger partial charge in [0, 0.05) is 11.4 Å². The second-order valence-electron chi connectivity index (χ2n) is 13.3. The molecule has 5 rings (SSSR count). The molecule has 1 aromatic rings. The zero-order valence-corrected chi connectivity index (χ0v) is 23.8. The molecule has 0 heterocycles. The van der Waals surface area contributed by atoms with Crippen LogP contribution >= 0.6 is 11.6 Å². The fraction of sp³-hybridized carbons (Fsp3) is 0.774. The van der Waals surface area contributed by atoms with Crippen molar-refractivity contribution in [2.75, 3.05) is 0 Å². The number of hydrogen-bond acceptors (Lipinski definition) is 4. The first-order chi connectivity index (χ1) is 17.4. The summed E-state index contributed by atoms with van der Waals surface area (Å²) >= 11 is 5.64. The average molecular weight is 534 g/mol. The van der Waals surface area contributed by atoms with Gasteiger partial charge in [0.15, 0.2) is 0 Å². The van der Waals surface area contributed by atoms with Crippen LogP contribution in [0.2, 0.25) is 5.02 Å². The van der Waals surface area contributed by atoms with Gasteiger partial charge in [-0.05, 0) is 122 Å². The van der Waals surface area contributed by atoms with E-state index in [9.17, 15) is 20.1 Å². The smallest absolute Gasteiger partial charge is 0.217 e. The Balaban J connectivity index is 0.000000342. The van der Waals surface area contributed by atoms with Crippen LogP contribution < -0.4 is 5.73 Å². The van der Waals surface area contributed by atoms with E-state index in [0.29, 0.717) is 36.0 Å². The summed E-state index contributed by atoms with van der Waals surface area (Å²) in [6.45, 7) is 8.84. The van der Waals surface area contributed by atoms with Gasteiger partial charge in [-0.1, -0.05) is 44.5 Å². The Morgan fingerprint density at radius 3 is 2.46 bits per heavy atom. The van der Waals surface area contributed by atoms with Gasteiger partial charge in [0.2, 0.25) is 5.91 Å². The molecule has 208 valence electrons. The molecule has 0 saturated heterocycles. The largest absolute Gasteiger partial charge is 0.393 e. The highest BCUT2D eigenvalue weighted by Gasteiger charge is 2.65. The number of rotatable bonds is 4. The molecule has 0 unspecified atom stereocenters. The van der Waals surface area contributed by atoms with E-state index in [1.807, 2.05) is 31.2 Å². The van der Waals surface area contributed by atoms with Gasteiger partial charge in [-0.15, -0.1) is 0 Å². The normalized spacial score (nSPS) is 43.5. The Bertz CT molecular complexity index is 940. The molecule has 4 fully saturated rings. The molecule has 0 bridgehead atoms. The minimum absolute atomic E-state index is 0.112. The van der Waals surface area contributed by atoms with Crippen molar-refractivity contribution in [1.82, 2.24) is 0 Å². The fourth-order valence-corrected chi connectivity index (χ4v) is 9.55. The number of aliphatic hydroxyl groups is 3. The van der Waals surface area contributed by atoms with Crippen molar-refractivity contribution < 1.29 is 20.1 Å². The standard InChI is InChI=1S/C24H41NO4.C7H7Cl/c1-13(4-7-21(25)29)16-5-6-17-22-18(12-20(28)24(16,17)3)23(2)9-8-15(26)10-14(23)11-19(22)27;1-6-3-2-4-7(8)5-6/h13-20,22,26-28H,4-12H2,1-3H3,(H2,25,29);2-5H,1H3/t13-,14+,15-,16-,17+,18+,19-,20+,22+,23+,24-;/m1./s1. The van der Waals surface area contributed by atoms with E-state index in [2.05, 4.69) is 20.8 Å². The first kappa shape index (κ1) is 28.9. The van der Waals surface area contributed by atoms with Crippen LogP contribution in [0.4, 0.5) is 0 Å². The second-order valence-corrected chi connectivity index (χ2v) is 13.7. The zero-order chi connectivity index (χ0) is 27.1.